The number of benzene rings is 4. The quantitative estimate of drug-likeness (QED) is 0.331. The van der Waals surface area contributed by atoms with Crippen molar-refractivity contribution in [2.24, 2.45) is 0 Å². The second kappa shape index (κ2) is 7.55. The van der Waals surface area contributed by atoms with Gasteiger partial charge in [-0.1, -0.05) is 66.7 Å². The molecule has 0 spiro atoms. The maximum atomic E-state index is 13.3. The highest BCUT2D eigenvalue weighted by molar-refractivity contribution is 6.17. The Balaban J connectivity index is 1.49. The molecule has 1 amide bonds. The Hall–Kier alpha value is -3.66. The number of para-hydroxylation sites is 1. The standard InChI is InChI=1S/C27H23NO3/c1-17-15-21-11-5-8-14-24(21)28(17)26(29)18(2)31-27(30)25-22-12-6-3-9-19(22)16-20-10-4-7-13-23(20)25/h3-14,16-18H,15H2,1-2H3/t17-,18-/m0/s1. The third kappa shape index (κ3) is 3.25. The predicted octanol–water partition coefficient (Wildman–Crippen LogP) is 5.52. The molecular formula is C27H23NO3. The van der Waals surface area contributed by atoms with Gasteiger partial charge in [0.25, 0.3) is 5.91 Å². The first-order valence-corrected chi connectivity index (χ1v) is 10.6. The number of rotatable bonds is 3. The number of carbonyl (C=O) groups excluding carboxylic acids is 2. The lowest BCUT2D eigenvalue weighted by molar-refractivity contribution is -0.126. The first kappa shape index (κ1) is 19.3. The van der Waals surface area contributed by atoms with Gasteiger partial charge in [-0.05, 0) is 59.5 Å². The van der Waals surface area contributed by atoms with Gasteiger partial charge in [0.2, 0.25) is 0 Å². The Morgan fingerprint density at radius 2 is 1.48 bits per heavy atom. The average Bonchev–Trinajstić information content (AvgIpc) is 3.12. The Morgan fingerprint density at radius 1 is 0.903 bits per heavy atom. The lowest BCUT2D eigenvalue weighted by atomic mass is 9.97. The minimum atomic E-state index is -0.890. The van der Waals surface area contributed by atoms with Gasteiger partial charge in [0.1, 0.15) is 0 Å². The van der Waals surface area contributed by atoms with Crippen LogP contribution >= 0.6 is 0 Å². The zero-order valence-corrected chi connectivity index (χ0v) is 17.5. The molecule has 0 saturated carbocycles. The first-order valence-electron chi connectivity index (χ1n) is 10.6. The molecule has 0 aliphatic carbocycles. The third-order valence-corrected chi connectivity index (χ3v) is 6.05. The van der Waals surface area contributed by atoms with Gasteiger partial charge in [0, 0.05) is 11.7 Å². The van der Waals surface area contributed by atoms with Gasteiger partial charge in [-0.15, -0.1) is 0 Å². The van der Waals surface area contributed by atoms with Crippen LogP contribution in [0.5, 0.6) is 0 Å². The van der Waals surface area contributed by atoms with Gasteiger partial charge in [-0.2, -0.15) is 0 Å². The molecule has 0 aromatic heterocycles. The normalized spacial score (nSPS) is 16.3. The van der Waals surface area contributed by atoms with Crippen molar-refractivity contribution in [3.05, 3.63) is 90.0 Å². The van der Waals surface area contributed by atoms with E-state index in [9.17, 15) is 9.59 Å². The highest BCUT2D eigenvalue weighted by Gasteiger charge is 2.34. The Bertz CT molecular complexity index is 1270. The molecule has 0 unspecified atom stereocenters. The molecule has 4 aromatic rings. The molecule has 31 heavy (non-hydrogen) atoms. The summed E-state index contributed by atoms with van der Waals surface area (Å²) in [5.41, 5.74) is 2.55. The first-order chi connectivity index (χ1) is 15.0. The van der Waals surface area contributed by atoms with Crippen molar-refractivity contribution >= 4 is 39.1 Å². The second-order valence-electron chi connectivity index (χ2n) is 8.13. The van der Waals surface area contributed by atoms with Crippen molar-refractivity contribution in [1.29, 1.82) is 0 Å². The fourth-order valence-electron chi connectivity index (χ4n) is 4.60. The summed E-state index contributed by atoms with van der Waals surface area (Å²) in [6, 6.07) is 25.5. The number of amides is 1. The van der Waals surface area contributed by atoms with Gasteiger partial charge in [0.15, 0.2) is 6.10 Å². The summed E-state index contributed by atoms with van der Waals surface area (Å²) in [4.78, 5) is 28.4. The monoisotopic (exact) mass is 409 g/mol. The fraction of sp³-hybridized carbons (Fsp3) is 0.185. The van der Waals surface area contributed by atoms with Crippen LogP contribution in [-0.2, 0) is 16.0 Å². The van der Waals surface area contributed by atoms with Crippen LogP contribution in [0.2, 0.25) is 0 Å². The van der Waals surface area contributed by atoms with E-state index in [-0.39, 0.29) is 11.9 Å². The highest BCUT2D eigenvalue weighted by Crippen LogP contribution is 2.33. The number of fused-ring (bicyclic) bond motifs is 3. The van der Waals surface area contributed by atoms with Gasteiger partial charge in [0.05, 0.1) is 5.56 Å². The van der Waals surface area contributed by atoms with Crippen LogP contribution in [0.1, 0.15) is 29.8 Å². The summed E-state index contributed by atoms with van der Waals surface area (Å²) in [6.45, 7) is 3.67. The number of nitrogens with zero attached hydrogens (tertiary/aromatic N) is 1. The lowest BCUT2D eigenvalue weighted by Crippen LogP contribution is -2.43. The molecule has 0 fully saturated rings. The van der Waals surface area contributed by atoms with Crippen LogP contribution in [0.25, 0.3) is 21.5 Å². The molecule has 5 rings (SSSR count). The van der Waals surface area contributed by atoms with E-state index in [0.717, 1.165) is 39.2 Å². The number of ether oxygens (including phenoxy) is 1. The number of hydrogen-bond acceptors (Lipinski definition) is 3. The molecule has 0 radical (unpaired) electrons. The SMILES string of the molecule is C[C@H](OC(=O)c1c2ccccc2cc2ccccc12)C(=O)N1c2ccccc2C[C@@H]1C. The van der Waals surface area contributed by atoms with E-state index in [0.29, 0.717) is 5.56 Å². The van der Waals surface area contributed by atoms with E-state index >= 15 is 0 Å². The maximum Gasteiger partial charge on any atom is 0.340 e. The number of esters is 1. The van der Waals surface area contributed by atoms with Gasteiger partial charge >= 0.3 is 5.97 Å². The number of carbonyl (C=O) groups is 2. The van der Waals surface area contributed by atoms with E-state index in [1.165, 1.54) is 0 Å². The van der Waals surface area contributed by atoms with E-state index in [1.54, 1.807) is 11.8 Å². The van der Waals surface area contributed by atoms with Crippen LogP contribution in [0.3, 0.4) is 0 Å². The zero-order chi connectivity index (χ0) is 21.5. The van der Waals surface area contributed by atoms with Gasteiger partial charge in [-0.3, -0.25) is 4.79 Å². The molecule has 1 aliphatic rings. The average molecular weight is 409 g/mol. The fourth-order valence-corrected chi connectivity index (χ4v) is 4.60. The maximum absolute atomic E-state index is 13.3. The van der Waals surface area contributed by atoms with E-state index in [1.807, 2.05) is 79.7 Å². The van der Waals surface area contributed by atoms with Crippen LogP contribution in [0.15, 0.2) is 78.9 Å². The van der Waals surface area contributed by atoms with Crippen molar-refractivity contribution in [2.75, 3.05) is 4.90 Å². The summed E-state index contributed by atoms with van der Waals surface area (Å²) in [6.07, 6.45) is -0.0878. The summed E-state index contributed by atoms with van der Waals surface area (Å²) >= 11 is 0. The van der Waals surface area contributed by atoms with E-state index in [4.69, 9.17) is 4.74 Å². The summed E-state index contributed by atoms with van der Waals surface area (Å²) in [7, 11) is 0. The Morgan fingerprint density at radius 3 is 2.16 bits per heavy atom. The van der Waals surface area contributed by atoms with Crippen molar-refractivity contribution in [1.82, 2.24) is 0 Å². The number of hydrogen-bond donors (Lipinski definition) is 0. The molecule has 0 saturated heterocycles. The molecule has 1 aliphatic heterocycles. The van der Waals surface area contributed by atoms with Crippen LogP contribution < -0.4 is 4.90 Å². The predicted molar refractivity (Wildman–Crippen MR) is 123 cm³/mol. The zero-order valence-electron chi connectivity index (χ0n) is 17.5. The van der Waals surface area contributed by atoms with Crippen molar-refractivity contribution in [3.63, 3.8) is 0 Å². The molecule has 4 aromatic carbocycles. The van der Waals surface area contributed by atoms with Crippen molar-refractivity contribution in [2.45, 2.75) is 32.4 Å². The topological polar surface area (TPSA) is 46.6 Å². The van der Waals surface area contributed by atoms with Crippen molar-refractivity contribution in [3.8, 4) is 0 Å². The van der Waals surface area contributed by atoms with E-state index < -0.39 is 12.1 Å². The minimum absolute atomic E-state index is 0.0319. The Kier molecular flexibility index (Phi) is 4.70. The molecule has 154 valence electrons. The van der Waals surface area contributed by atoms with Gasteiger partial charge in [-0.25, -0.2) is 4.79 Å². The molecule has 0 bridgehead atoms. The molecule has 4 nitrogen and oxygen atoms in total. The highest BCUT2D eigenvalue weighted by atomic mass is 16.5. The largest absolute Gasteiger partial charge is 0.449 e. The molecule has 0 N–H and O–H groups in total. The summed E-state index contributed by atoms with van der Waals surface area (Å²) in [5.74, 6) is -0.677. The Labute approximate surface area is 181 Å². The van der Waals surface area contributed by atoms with Crippen molar-refractivity contribution < 1.29 is 14.3 Å². The van der Waals surface area contributed by atoms with Crippen LogP contribution in [0, 0.1) is 0 Å². The third-order valence-electron chi connectivity index (χ3n) is 6.05. The molecule has 1 heterocycles. The van der Waals surface area contributed by atoms with Crippen LogP contribution in [0.4, 0.5) is 5.69 Å². The molecule has 4 heteroatoms. The summed E-state index contributed by atoms with van der Waals surface area (Å²) < 4.78 is 5.76. The summed E-state index contributed by atoms with van der Waals surface area (Å²) in [5, 5.41) is 3.58. The minimum Gasteiger partial charge on any atom is -0.449 e. The molecular weight excluding hydrogens is 386 g/mol. The lowest BCUT2D eigenvalue weighted by Gasteiger charge is -2.26. The smallest absolute Gasteiger partial charge is 0.340 e. The van der Waals surface area contributed by atoms with Gasteiger partial charge < -0.3 is 9.64 Å². The van der Waals surface area contributed by atoms with Crippen LogP contribution in [-0.4, -0.2) is 24.0 Å². The second-order valence-corrected chi connectivity index (χ2v) is 8.13. The van der Waals surface area contributed by atoms with E-state index in [2.05, 4.69) is 6.07 Å². The molecule has 2 atom stereocenters. The number of anilines is 1.